The Balaban J connectivity index is 0.00000139. The highest BCUT2D eigenvalue weighted by molar-refractivity contribution is 6.32. The van der Waals surface area contributed by atoms with Crippen molar-refractivity contribution in [3.8, 4) is 12.3 Å². The quantitative estimate of drug-likeness (QED) is 0.552. The fourth-order valence-electron chi connectivity index (χ4n) is 2.44. The molecule has 124 valence electrons. The van der Waals surface area contributed by atoms with Crippen LogP contribution < -0.4 is 0 Å². The van der Waals surface area contributed by atoms with Crippen molar-refractivity contribution >= 4 is 11.3 Å². The third-order valence-electron chi connectivity index (χ3n) is 3.55. The van der Waals surface area contributed by atoms with Gasteiger partial charge in [0.05, 0.1) is 5.71 Å². The fraction of sp³-hybridized carbons (Fsp3) is 0.273. The molecule has 2 heteroatoms. The zero-order valence-corrected chi connectivity index (χ0v) is 15.3. The molecule has 2 nitrogen and oxygen atoms in total. The lowest BCUT2D eigenvalue weighted by molar-refractivity contribution is 1.25. The van der Waals surface area contributed by atoms with Crippen LogP contribution in [0.4, 0.5) is 0 Å². The number of terminal acetylenes is 1. The first-order valence-electron chi connectivity index (χ1n) is 8.25. The number of benzene rings is 1. The van der Waals surface area contributed by atoms with Gasteiger partial charge in [0.25, 0.3) is 0 Å². The van der Waals surface area contributed by atoms with E-state index in [0.717, 1.165) is 28.0 Å². The lowest BCUT2D eigenvalue weighted by Gasteiger charge is -2.15. The molecule has 0 atom stereocenters. The summed E-state index contributed by atoms with van der Waals surface area (Å²) in [5.41, 5.74) is 6.59. The summed E-state index contributed by atoms with van der Waals surface area (Å²) >= 11 is 0. The average molecular weight is 318 g/mol. The maximum Gasteiger partial charge on any atom is 0.0721 e. The van der Waals surface area contributed by atoms with Crippen molar-refractivity contribution in [1.29, 1.82) is 0 Å². The molecule has 1 aromatic carbocycles. The van der Waals surface area contributed by atoms with Crippen molar-refractivity contribution < 1.29 is 0 Å². The third kappa shape index (κ3) is 4.93. The summed E-state index contributed by atoms with van der Waals surface area (Å²) in [6.07, 6.45) is 9.69. The molecule has 0 saturated carbocycles. The van der Waals surface area contributed by atoms with Gasteiger partial charge in [-0.05, 0) is 31.5 Å². The molecule has 0 unspecified atom stereocenters. The number of aliphatic imine (C=N–C) groups is 1. The fourth-order valence-corrected chi connectivity index (χ4v) is 2.44. The van der Waals surface area contributed by atoms with Crippen molar-refractivity contribution in [2.75, 3.05) is 7.05 Å². The molecule has 2 rings (SSSR count). The van der Waals surface area contributed by atoms with Crippen LogP contribution in [0.15, 0.2) is 59.4 Å². The van der Waals surface area contributed by atoms with E-state index in [1.54, 1.807) is 12.4 Å². The van der Waals surface area contributed by atoms with Gasteiger partial charge in [-0.3, -0.25) is 9.98 Å². The number of allylic oxidation sites excluding steroid dienone is 2. The molecule has 0 bridgehead atoms. The molecular formula is C22H26N2. The van der Waals surface area contributed by atoms with Gasteiger partial charge in [-0.25, -0.2) is 0 Å². The molecule has 0 spiro atoms. The second kappa shape index (κ2) is 10.2. The van der Waals surface area contributed by atoms with Gasteiger partial charge < -0.3 is 0 Å². The van der Waals surface area contributed by atoms with E-state index in [1.807, 2.05) is 33.0 Å². The first-order chi connectivity index (χ1) is 11.7. The maximum absolute atomic E-state index is 5.51. The molecule has 1 aromatic heterocycles. The molecule has 1 heterocycles. The molecule has 0 saturated heterocycles. The summed E-state index contributed by atoms with van der Waals surface area (Å²) in [6, 6.07) is 12.4. The van der Waals surface area contributed by atoms with Crippen LogP contribution in [0.3, 0.4) is 0 Å². The van der Waals surface area contributed by atoms with Crippen LogP contribution in [-0.2, 0) is 0 Å². The van der Waals surface area contributed by atoms with Crippen LogP contribution in [-0.4, -0.2) is 17.7 Å². The Morgan fingerprint density at radius 2 is 1.62 bits per heavy atom. The molecule has 2 aromatic rings. The van der Waals surface area contributed by atoms with Crippen molar-refractivity contribution in [2.24, 2.45) is 4.99 Å². The van der Waals surface area contributed by atoms with Crippen molar-refractivity contribution in [2.45, 2.75) is 34.1 Å². The molecule has 0 N–H and O–H groups in total. The van der Waals surface area contributed by atoms with Crippen LogP contribution in [0.25, 0.3) is 5.57 Å². The average Bonchev–Trinajstić information content (AvgIpc) is 2.63. The Hall–Kier alpha value is -2.66. The number of hydrogen-bond acceptors (Lipinski definition) is 2. The van der Waals surface area contributed by atoms with Gasteiger partial charge in [-0.2, -0.15) is 0 Å². The lowest BCUT2D eigenvalue weighted by atomic mass is 9.91. The topological polar surface area (TPSA) is 25.2 Å². The summed E-state index contributed by atoms with van der Waals surface area (Å²) in [4.78, 5) is 8.64. The summed E-state index contributed by atoms with van der Waals surface area (Å²) in [5, 5.41) is 0. The highest BCUT2D eigenvalue weighted by Crippen LogP contribution is 2.25. The zero-order chi connectivity index (χ0) is 17.9. The van der Waals surface area contributed by atoms with Crippen LogP contribution in [0.1, 0.15) is 43.9 Å². The molecule has 0 aliphatic rings. The highest BCUT2D eigenvalue weighted by Gasteiger charge is 2.14. The Bertz CT molecular complexity index is 730. The monoisotopic (exact) mass is 318 g/mol. The minimum Gasteiger partial charge on any atom is -0.287 e. The van der Waals surface area contributed by atoms with E-state index in [4.69, 9.17) is 6.42 Å². The minimum atomic E-state index is 0.600. The van der Waals surface area contributed by atoms with E-state index in [0.29, 0.717) is 6.42 Å². The largest absolute Gasteiger partial charge is 0.287 e. The first-order valence-corrected chi connectivity index (χ1v) is 8.25. The Kier molecular flexibility index (Phi) is 8.22. The van der Waals surface area contributed by atoms with Gasteiger partial charge in [-0.15, -0.1) is 12.3 Å². The van der Waals surface area contributed by atoms with E-state index in [9.17, 15) is 0 Å². The van der Waals surface area contributed by atoms with Gasteiger partial charge in [0.2, 0.25) is 0 Å². The van der Waals surface area contributed by atoms with Gasteiger partial charge in [0.15, 0.2) is 0 Å². The molecule has 24 heavy (non-hydrogen) atoms. The first kappa shape index (κ1) is 19.4. The van der Waals surface area contributed by atoms with Crippen LogP contribution >= 0.6 is 0 Å². The molecule has 0 aliphatic carbocycles. The molecule has 0 aliphatic heterocycles. The molecular weight excluding hydrogens is 292 g/mol. The van der Waals surface area contributed by atoms with E-state index >= 15 is 0 Å². The Morgan fingerprint density at radius 1 is 1.04 bits per heavy atom. The van der Waals surface area contributed by atoms with Gasteiger partial charge in [-0.1, -0.05) is 49.2 Å². The summed E-state index contributed by atoms with van der Waals surface area (Å²) < 4.78 is 0. The van der Waals surface area contributed by atoms with Crippen molar-refractivity contribution in [3.05, 3.63) is 71.1 Å². The smallest absolute Gasteiger partial charge is 0.0721 e. The Labute approximate surface area is 146 Å². The van der Waals surface area contributed by atoms with Crippen molar-refractivity contribution in [1.82, 2.24) is 4.98 Å². The minimum absolute atomic E-state index is 0.600. The zero-order valence-electron chi connectivity index (χ0n) is 15.3. The number of aryl methyl sites for hydroxylation is 1. The summed E-state index contributed by atoms with van der Waals surface area (Å²) in [6.45, 7) is 8.14. The second-order valence-electron chi connectivity index (χ2n) is 5.21. The van der Waals surface area contributed by atoms with Gasteiger partial charge in [0, 0.05) is 37.0 Å². The SMILES string of the molecule is C#CC/C(C)=C(/C(=NC)c1ccc(C)cc1)c1ccncc1.CC. The number of pyridine rings is 1. The lowest BCUT2D eigenvalue weighted by Crippen LogP contribution is -2.07. The normalized spacial score (nSPS) is 11.8. The van der Waals surface area contributed by atoms with E-state index in [-0.39, 0.29) is 0 Å². The number of rotatable bonds is 4. The molecule has 0 radical (unpaired) electrons. The standard InChI is InChI=1S/C20H20N2.C2H6/c1-5-6-16(3)19(17-11-13-22-14-12-17)20(21-4)18-9-7-15(2)8-10-18;1-2/h1,7-14H,6H2,2-4H3;1-2H3/b19-16+,21-20?;. The molecule has 0 amide bonds. The predicted molar refractivity (Wildman–Crippen MR) is 105 cm³/mol. The van der Waals surface area contributed by atoms with E-state index in [2.05, 4.69) is 54.0 Å². The maximum atomic E-state index is 5.51. The van der Waals surface area contributed by atoms with Crippen LogP contribution in [0, 0.1) is 19.3 Å². The van der Waals surface area contributed by atoms with Crippen molar-refractivity contribution in [3.63, 3.8) is 0 Å². The third-order valence-corrected chi connectivity index (χ3v) is 3.55. The van der Waals surface area contributed by atoms with E-state index in [1.165, 1.54) is 5.56 Å². The Morgan fingerprint density at radius 3 is 2.12 bits per heavy atom. The van der Waals surface area contributed by atoms with Crippen LogP contribution in [0.5, 0.6) is 0 Å². The number of nitrogens with zero attached hydrogens (tertiary/aromatic N) is 2. The second-order valence-corrected chi connectivity index (χ2v) is 5.21. The number of aromatic nitrogens is 1. The summed E-state index contributed by atoms with van der Waals surface area (Å²) in [7, 11) is 1.82. The van der Waals surface area contributed by atoms with Gasteiger partial charge >= 0.3 is 0 Å². The highest BCUT2D eigenvalue weighted by atomic mass is 14.7. The molecule has 0 fully saturated rings. The van der Waals surface area contributed by atoms with E-state index < -0.39 is 0 Å². The predicted octanol–water partition coefficient (Wildman–Crippen LogP) is 5.33. The van der Waals surface area contributed by atoms with Gasteiger partial charge in [0.1, 0.15) is 0 Å². The summed E-state index contributed by atoms with van der Waals surface area (Å²) in [5.74, 6) is 2.73. The number of hydrogen-bond donors (Lipinski definition) is 0. The van der Waals surface area contributed by atoms with Crippen LogP contribution in [0.2, 0.25) is 0 Å².